The molecule has 362 valence electrons. The van der Waals surface area contributed by atoms with Gasteiger partial charge >= 0.3 is 6.18 Å². The number of nitrogens with one attached hydrogen (secondary N) is 3. The normalized spacial score (nSPS) is 25.1. The lowest BCUT2D eigenvalue weighted by atomic mass is 9.65. The molecule has 69 heavy (non-hydrogen) atoms. The zero-order valence-corrected chi connectivity index (χ0v) is 38.5. The molecule has 15 nitrogen and oxygen atoms in total. The van der Waals surface area contributed by atoms with Crippen molar-refractivity contribution in [1.29, 1.82) is 0 Å². The molecule has 0 radical (unpaired) electrons. The molecule has 7 heterocycles. The quantitative estimate of drug-likeness (QED) is 0.141. The SMILES string of the molecule is COc1cc(C(=O)N2CCN(c3ccc4c(c3)CN(C3CCC(=O)NC3=O)C4=O)CC2)ccc1NC(=O)[C@H]1[C@H](c2cccc(Cl)c2F)[C@]2(CNc3cc(C(F)(F)F)ncc32)[C@H](C)N1C1CCOCC1. The number of alkyl halides is 3. The Kier molecular flexibility index (Phi) is 12.0. The fourth-order valence-electron chi connectivity index (χ4n) is 11.6. The summed E-state index contributed by atoms with van der Waals surface area (Å²) in [6.45, 7) is 4.85. The summed E-state index contributed by atoms with van der Waals surface area (Å²) in [4.78, 5) is 78.0. The van der Waals surface area contributed by atoms with Crippen molar-refractivity contribution in [3.8, 4) is 5.75 Å². The molecule has 1 spiro atoms. The van der Waals surface area contributed by atoms with Gasteiger partial charge in [-0.15, -0.1) is 0 Å². The van der Waals surface area contributed by atoms with Gasteiger partial charge in [-0.25, -0.2) is 4.39 Å². The molecule has 6 aliphatic heterocycles. The molecule has 1 aromatic heterocycles. The molecular formula is C49H49ClF4N8O7. The van der Waals surface area contributed by atoms with E-state index in [1.54, 1.807) is 41.3 Å². The van der Waals surface area contributed by atoms with Crippen LogP contribution in [0.4, 0.5) is 34.6 Å². The monoisotopic (exact) mass is 972 g/mol. The molecule has 20 heteroatoms. The first kappa shape index (κ1) is 46.4. The summed E-state index contributed by atoms with van der Waals surface area (Å²) in [5, 5.41) is 8.36. The molecule has 10 rings (SSSR count). The summed E-state index contributed by atoms with van der Waals surface area (Å²) in [5.74, 6) is -3.36. The van der Waals surface area contributed by atoms with Gasteiger partial charge < -0.3 is 34.8 Å². The topological polar surface area (TPSA) is 166 Å². The number of carbonyl (C=O) groups excluding carboxylic acids is 5. The van der Waals surface area contributed by atoms with Gasteiger partial charge in [0.05, 0.1) is 23.9 Å². The van der Waals surface area contributed by atoms with Crippen LogP contribution in [0.25, 0.3) is 0 Å². The Hall–Kier alpha value is -6.31. The molecule has 5 atom stereocenters. The minimum Gasteiger partial charge on any atom is -0.495 e. The van der Waals surface area contributed by atoms with E-state index in [2.05, 4.69) is 30.7 Å². The summed E-state index contributed by atoms with van der Waals surface area (Å²) in [6.07, 6.45) is -1.97. The number of likely N-dealkylation sites (tertiary alicyclic amines) is 1. The molecule has 3 N–H and O–H groups in total. The molecule has 0 aliphatic carbocycles. The van der Waals surface area contributed by atoms with Crippen LogP contribution in [0.3, 0.4) is 0 Å². The predicted octanol–water partition coefficient (Wildman–Crippen LogP) is 5.96. The molecule has 1 unspecified atom stereocenters. The smallest absolute Gasteiger partial charge is 0.433 e. The lowest BCUT2D eigenvalue weighted by Crippen LogP contribution is -2.52. The van der Waals surface area contributed by atoms with Crippen molar-refractivity contribution in [2.45, 2.75) is 80.8 Å². The Balaban J connectivity index is 0.890. The van der Waals surface area contributed by atoms with Crippen LogP contribution in [0.2, 0.25) is 5.02 Å². The van der Waals surface area contributed by atoms with Crippen molar-refractivity contribution in [2.75, 3.05) is 68.6 Å². The van der Waals surface area contributed by atoms with E-state index in [-0.39, 0.29) is 77.4 Å². The highest BCUT2D eigenvalue weighted by Crippen LogP contribution is 2.59. The maximum Gasteiger partial charge on any atom is 0.433 e. The number of hydrogen-bond donors (Lipinski definition) is 3. The lowest BCUT2D eigenvalue weighted by Gasteiger charge is -2.40. The van der Waals surface area contributed by atoms with Crippen LogP contribution >= 0.6 is 11.6 Å². The van der Waals surface area contributed by atoms with Crippen LogP contribution in [0.1, 0.15) is 81.6 Å². The Morgan fingerprint density at radius 2 is 1.75 bits per heavy atom. The molecule has 0 saturated carbocycles. The number of carbonyl (C=O) groups is 5. The second-order valence-electron chi connectivity index (χ2n) is 18.5. The van der Waals surface area contributed by atoms with E-state index in [0.29, 0.717) is 68.9 Å². The van der Waals surface area contributed by atoms with Crippen molar-refractivity contribution in [1.82, 2.24) is 25.0 Å². The first-order valence-corrected chi connectivity index (χ1v) is 23.4. The van der Waals surface area contributed by atoms with Gasteiger partial charge in [-0.1, -0.05) is 23.7 Å². The van der Waals surface area contributed by atoms with Crippen LogP contribution in [-0.4, -0.2) is 126 Å². The summed E-state index contributed by atoms with van der Waals surface area (Å²) in [7, 11) is 1.42. The van der Waals surface area contributed by atoms with Crippen molar-refractivity contribution < 1.29 is 51.0 Å². The molecule has 3 aromatic carbocycles. The molecule has 5 amide bonds. The van der Waals surface area contributed by atoms with Gasteiger partial charge in [0.25, 0.3) is 11.8 Å². The number of piperidine rings is 1. The second-order valence-corrected chi connectivity index (χ2v) is 18.9. The summed E-state index contributed by atoms with van der Waals surface area (Å²) >= 11 is 6.43. The number of imide groups is 1. The molecule has 4 saturated heterocycles. The number of ether oxygens (including phenoxy) is 2. The molecule has 6 aliphatic rings. The highest BCUT2D eigenvalue weighted by Gasteiger charge is 2.65. The number of benzene rings is 3. The Bertz CT molecular complexity index is 2770. The maximum absolute atomic E-state index is 16.5. The summed E-state index contributed by atoms with van der Waals surface area (Å²) < 4.78 is 69.8. The number of nitrogens with zero attached hydrogens (tertiary/aromatic N) is 5. The number of hydrogen-bond acceptors (Lipinski definition) is 11. The number of piperazine rings is 1. The van der Waals surface area contributed by atoms with Crippen molar-refractivity contribution in [2.24, 2.45) is 0 Å². The zero-order valence-electron chi connectivity index (χ0n) is 37.7. The number of methoxy groups -OCH3 is 1. The average Bonchev–Trinajstić information content (AvgIpc) is 3.98. The minimum atomic E-state index is -4.71. The van der Waals surface area contributed by atoms with Crippen LogP contribution in [0.15, 0.2) is 66.9 Å². The van der Waals surface area contributed by atoms with Gasteiger partial charge in [0.2, 0.25) is 17.7 Å². The highest BCUT2D eigenvalue weighted by atomic mass is 35.5. The Labute approximate surface area is 399 Å². The maximum atomic E-state index is 16.5. The van der Waals surface area contributed by atoms with Crippen LogP contribution in [-0.2, 0) is 37.3 Å². The van der Waals surface area contributed by atoms with E-state index in [0.717, 1.165) is 17.3 Å². The third kappa shape index (κ3) is 8.01. The zero-order chi connectivity index (χ0) is 48.5. The number of aromatic nitrogens is 1. The van der Waals surface area contributed by atoms with E-state index in [4.69, 9.17) is 21.1 Å². The number of halogens is 5. The molecule has 4 aromatic rings. The van der Waals surface area contributed by atoms with Crippen molar-refractivity contribution in [3.63, 3.8) is 0 Å². The standard InChI is InChI=1S/C49H49ClF4N8O7/c1-26-48(25-56-36-22-39(49(52,53)54)55-23-33(36)48)41(32-4-3-5-34(50)42(32)51)43(62(26)29-12-18-69-19-13-29)45(65)57-35-9-6-27(21-38(35)68-2)46(66)60-16-14-59(15-17-60)30-7-8-31-28(20-30)24-61(47(31)67)37-10-11-40(63)58-44(37)64/h3-9,20-23,26,29,37,41,43,56H,10-19,24-25H2,1-2H3,(H,57,65)(H,58,63,64)/t26-,37?,41-,43+,48+/m0/s1. The number of fused-ring (bicyclic) bond motifs is 3. The van der Waals surface area contributed by atoms with E-state index in [9.17, 15) is 32.3 Å². The van der Waals surface area contributed by atoms with Gasteiger partial charge in [0, 0.05) is 117 Å². The van der Waals surface area contributed by atoms with Gasteiger partial charge in [-0.2, -0.15) is 13.2 Å². The predicted molar refractivity (Wildman–Crippen MR) is 245 cm³/mol. The average molecular weight is 973 g/mol. The van der Waals surface area contributed by atoms with Crippen LogP contribution in [0.5, 0.6) is 5.75 Å². The highest BCUT2D eigenvalue weighted by molar-refractivity contribution is 6.30. The minimum absolute atomic E-state index is 0.0839. The van der Waals surface area contributed by atoms with E-state index < -0.39 is 59.0 Å². The van der Waals surface area contributed by atoms with Crippen LogP contribution in [0, 0.1) is 5.82 Å². The van der Waals surface area contributed by atoms with E-state index in [1.807, 2.05) is 19.1 Å². The lowest BCUT2D eigenvalue weighted by molar-refractivity contribution is -0.141. The number of rotatable bonds is 8. The van der Waals surface area contributed by atoms with Gasteiger partial charge in [0.15, 0.2) is 0 Å². The number of anilines is 3. The van der Waals surface area contributed by atoms with Crippen molar-refractivity contribution >= 4 is 58.2 Å². The number of pyridine rings is 1. The second kappa shape index (κ2) is 17.9. The fraction of sp³-hybridized carbons (Fsp3) is 0.429. The molecule has 4 fully saturated rings. The van der Waals surface area contributed by atoms with Gasteiger partial charge in [-0.3, -0.25) is 39.2 Å². The Morgan fingerprint density at radius 3 is 2.48 bits per heavy atom. The van der Waals surface area contributed by atoms with Gasteiger partial charge in [-0.05, 0) is 85.8 Å². The largest absolute Gasteiger partial charge is 0.495 e. The molecule has 0 bridgehead atoms. The van der Waals surface area contributed by atoms with E-state index in [1.165, 1.54) is 24.3 Å². The third-order valence-electron chi connectivity index (χ3n) is 15.0. The number of amides is 5. The first-order valence-electron chi connectivity index (χ1n) is 23.0. The summed E-state index contributed by atoms with van der Waals surface area (Å²) in [5.41, 5.74) is 1.28. The molecular weight excluding hydrogens is 924 g/mol. The van der Waals surface area contributed by atoms with E-state index >= 15 is 9.18 Å². The third-order valence-corrected chi connectivity index (χ3v) is 15.3. The Morgan fingerprint density at radius 1 is 0.986 bits per heavy atom. The first-order chi connectivity index (χ1) is 33.1. The summed E-state index contributed by atoms with van der Waals surface area (Å²) in [6, 6.07) is 13.3. The fourth-order valence-corrected chi connectivity index (χ4v) is 11.8. The van der Waals surface area contributed by atoms with Crippen molar-refractivity contribution in [3.05, 3.63) is 111 Å². The van der Waals surface area contributed by atoms with Gasteiger partial charge in [0.1, 0.15) is 23.3 Å². The van der Waals surface area contributed by atoms with Crippen LogP contribution < -0.4 is 25.6 Å².